The molecule has 0 aliphatic carbocycles. The highest BCUT2D eigenvalue weighted by Crippen LogP contribution is 1.23. The Morgan fingerprint density at radius 2 is 1.25 bits per heavy atom. The van der Waals surface area contributed by atoms with Gasteiger partial charge >= 0.3 is 0 Å². The minimum Gasteiger partial charge on any atom is -0.261 e. The first-order chi connectivity index (χ1) is 1.00. The molecule has 0 unspecified atom stereocenters. The molecule has 0 spiro atoms. The van der Waals surface area contributed by atoms with Crippen molar-refractivity contribution in [2.45, 2.75) is 0 Å². The SMILES string of the molecule is O=[P].[Al].[B]. The van der Waals surface area contributed by atoms with Crippen LogP contribution in [0.1, 0.15) is 0 Å². The molecule has 0 bridgehead atoms. The Labute approximate surface area is 40.1 Å². The van der Waals surface area contributed by atoms with Crippen LogP contribution < -0.4 is 0 Å². The summed E-state index contributed by atoms with van der Waals surface area (Å²) >= 11 is 0. The lowest BCUT2D eigenvalue weighted by molar-refractivity contribution is 0.607. The van der Waals surface area contributed by atoms with E-state index in [4.69, 9.17) is 4.57 Å². The van der Waals surface area contributed by atoms with E-state index in [1.54, 1.807) is 0 Å². The van der Waals surface area contributed by atoms with Crippen LogP contribution in [0.4, 0.5) is 0 Å². The fourth-order valence-electron chi connectivity index (χ4n) is 0. The van der Waals surface area contributed by atoms with Crippen molar-refractivity contribution in [2.24, 2.45) is 0 Å². The summed E-state index contributed by atoms with van der Waals surface area (Å²) in [4.78, 5) is 0. The predicted molar refractivity (Wildman–Crippen MR) is 19.1 cm³/mol. The van der Waals surface area contributed by atoms with Crippen LogP contribution in [0.2, 0.25) is 0 Å². The molecule has 7 radical (unpaired) electrons. The number of hydrogen-bond acceptors (Lipinski definition) is 1. The second-order valence-corrected chi connectivity index (χ2v) is 0. The van der Waals surface area contributed by atoms with Gasteiger partial charge in [-0.2, -0.15) is 0 Å². The van der Waals surface area contributed by atoms with Crippen molar-refractivity contribution in [3.8, 4) is 0 Å². The van der Waals surface area contributed by atoms with Crippen LogP contribution in [0.15, 0.2) is 0 Å². The molecular weight excluding hydrogens is 84.8 g/mol. The molecule has 0 aromatic rings. The zero-order valence-electron chi connectivity index (χ0n) is 2.01. The summed E-state index contributed by atoms with van der Waals surface area (Å²) in [6.07, 6.45) is 0. The maximum atomic E-state index is 7.94. The van der Waals surface area contributed by atoms with Crippen molar-refractivity contribution < 1.29 is 4.57 Å². The van der Waals surface area contributed by atoms with E-state index in [2.05, 4.69) is 9.12 Å². The van der Waals surface area contributed by atoms with Crippen molar-refractivity contribution in [1.29, 1.82) is 0 Å². The molecule has 17 valence electrons. The lowest BCUT2D eigenvalue weighted by atomic mass is 10.8. The zero-order chi connectivity index (χ0) is 2.00. The fraction of sp³-hybridized carbons (Fsp3) is 0. The van der Waals surface area contributed by atoms with Gasteiger partial charge in [-0.15, -0.1) is 0 Å². The Morgan fingerprint density at radius 1 is 1.25 bits per heavy atom. The first-order valence-corrected chi connectivity index (χ1v) is 0.548. The predicted octanol–water partition coefficient (Wildman–Crippen LogP) is -0.0192. The van der Waals surface area contributed by atoms with E-state index in [0.29, 0.717) is 0 Å². The normalized spacial score (nSPS) is 1.00. The van der Waals surface area contributed by atoms with Crippen molar-refractivity contribution >= 4 is 34.9 Å². The number of rotatable bonds is 0. The summed E-state index contributed by atoms with van der Waals surface area (Å²) in [6, 6.07) is 0. The second-order valence-electron chi connectivity index (χ2n) is 0. The van der Waals surface area contributed by atoms with Crippen LogP contribution in [-0.4, -0.2) is 25.8 Å². The molecule has 4 heavy (non-hydrogen) atoms. The smallest absolute Gasteiger partial charge is 0.261 e. The molecule has 0 fully saturated rings. The third-order valence-corrected chi connectivity index (χ3v) is 0. The molecule has 0 saturated heterocycles. The largest absolute Gasteiger partial charge is 0.261 e. The zero-order valence-corrected chi connectivity index (χ0v) is 4.06. The Balaban J connectivity index is -0.00000000500. The molecule has 0 rings (SSSR count). The molecule has 0 atom stereocenters. The molecule has 0 aromatic carbocycles. The molecule has 0 saturated carbocycles. The Bertz CT molecular complexity index is 8.00. The summed E-state index contributed by atoms with van der Waals surface area (Å²) < 4.78 is 7.94. The maximum Gasteiger partial charge on any atom is 0.261 e. The van der Waals surface area contributed by atoms with Gasteiger partial charge in [0.25, 0.3) is 9.12 Å². The first-order valence-electron chi connectivity index (χ1n) is 0.183. The lowest BCUT2D eigenvalue weighted by Crippen LogP contribution is -0.489. The minimum atomic E-state index is 0. The molecule has 1 nitrogen and oxygen atoms in total. The second kappa shape index (κ2) is 55.3. The van der Waals surface area contributed by atoms with Gasteiger partial charge in [0.15, 0.2) is 0 Å². The van der Waals surface area contributed by atoms with Gasteiger partial charge in [-0.25, -0.2) is 0 Å². The van der Waals surface area contributed by atoms with Gasteiger partial charge in [0.2, 0.25) is 0 Å². The van der Waals surface area contributed by atoms with Gasteiger partial charge < -0.3 is 0 Å². The summed E-state index contributed by atoms with van der Waals surface area (Å²) in [5.41, 5.74) is 0. The third-order valence-electron chi connectivity index (χ3n) is 0. The van der Waals surface area contributed by atoms with Crippen molar-refractivity contribution in [2.75, 3.05) is 0 Å². The van der Waals surface area contributed by atoms with E-state index in [-0.39, 0.29) is 25.8 Å². The van der Waals surface area contributed by atoms with E-state index >= 15 is 0 Å². The summed E-state index contributed by atoms with van der Waals surface area (Å²) in [7, 11) is 2.28. The van der Waals surface area contributed by atoms with Gasteiger partial charge in [-0.3, -0.25) is 4.57 Å². The summed E-state index contributed by atoms with van der Waals surface area (Å²) in [5, 5.41) is 0. The average molecular weight is 84.8 g/mol. The third kappa shape index (κ3) is 16.0. The van der Waals surface area contributed by atoms with Gasteiger partial charge in [-0.05, 0) is 0 Å². The maximum absolute atomic E-state index is 7.94. The van der Waals surface area contributed by atoms with Gasteiger partial charge in [0.1, 0.15) is 0 Å². The van der Waals surface area contributed by atoms with Gasteiger partial charge in [-0.1, -0.05) is 0 Å². The van der Waals surface area contributed by atoms with Gasteiger partial charge in [0.05, 0.1) is 0 Å². The summed E-state index contributed by atoms with van der Waals surface area (Å²) in [5.74, 6) is 0. The quantitative estimate of drug-likeness (QED) is 0.298. The Kier molecular flexibility index (Phi) is 308. The van der Waals surface area contributed by atoms with Crippen molar-refractivity contribution in [3.63, 3.8) is 0 Å². The first kappa shape index (κ1) is 22.3. The minimum absolute atomic E-state index is 0. The number of hydrogen-bond donors (Lipinski definition) is 0. The van der Waals surface area contributed by atoms with E-state index in [1.807, 2.05) is 0 Å². The summed E-state index contributed by atoms with van der Waals surface area (Å²) in [6.45, 7) is 0. The van der Waals surface area contributed by atoms with E-state index in [0.717, 1.165) is 0 Å². The standard InChI is InChI=1S/Al.B.OP/c;;1-2. The van der Waals surface area contributed by atoms with Crippen LogP contribution in [0, 0.1) is 0 Å². The molecule has 0 aromatic heterocycles. The van der Waals surface area contributed by atoms with Crippen LogP contribution in [0.3, 0.4) is 0 Å². The molecule has 0 heterocycles. The Hall–Kier alpha value is 0.697. The monoisotopic (exact) mass is 85.0 g/mol. The average Bonchev–Trinajstić information content (AvgIpc) is 1.00. The van der Waals surface area contributed by atoms with Crippen LogP contribution in [-0.2, 0) is 4.57 Å². The van der Waals surface area contributed by atoms with E-state index in [1.165, 1.54) is 0 Å². The van der Waals surface area contributed by atoms with Crippen molar-refractivity contribution in [3.05, 3.63) is 0 Å². The molecule has 4 heteroatoms. The molecular formula is AlBOP. The fourth-order valence-corrected chi connectivity index (χ4v) is 0. The Morgan fingerprint density at radius 3 is 1.25 bits per heavy atom. The van der Waals surface area contributed by atoms with Crippen LogP contribution in [0.25, 0.3) is 0 Å². The van der Waals surface area contributed by atoms with E-state index < -0.39 is 0 Å². The highest BCUT2D eigenvalue weighted by atomic mass is 31.0. The van der Waals surface area contributed by atoms with Crippen LogP contribution in [0.5, 0.6) is 0 Å². The molecule has 0 aliphatic rings. The van der Waals surface area contributed by atoms with Crippen LogP contribution >= 0.6 is 9.12 Å². The topological polar surface area (TPSA) is 17.1 Å². The lowest BCUT2D eigenvalue weighted by Gasteiger charge is -0.754. The van der Waals surface area contributed by atoms with E-state index in [9.17, 15) is 0 Å². The highest BCUT2D eigenvalue weighted by Gasteiger charge is 0.754. The molecule has 0 N–H and O–H groups in total. The van der Waals surface area contributed by atoms with Crippen molar-refractivity contribution in [1.82, 2.24) is 0 Å². The molecule has 0 aliphatic heterocycles. The highest BCUT2D eigenvalue weighted by molar-refractivity contribution is 7.00. The van der Waals surface area contributed by atoms with Gasteiger partial charge in [0, 0.05) is 25.8 Å². The molecule has 0 amide bonds.